The van der Waals surface area contributed by atoms with Gasteiger partial charge in [0.1, 0.15) is 11.4 Å². The maximum Gasteiger partial charge on any atom is 0.321 e. The fourth-order valence-electron chi connectivity index (χ4n) is 3.92. The van der Waals surface area contributed by atoms with Crippen molar-refractivity contribution in [3.05, 3.63) is 24.0 Å². The Kier molecular flexibility index (Phi) is 4.93. The van der Waals surface area contributed by atoms with Gasteiger partial charge in [0, 0.05) is 24.8 Å². The van der Waals surface area contributed by atoms with Crippen LogP contribution in [-0.2, 0) is 0 Å². The molecule has 1 atom stereocenters. The van der Waals surface area contributed by atoms with Gasteiger partial charge >= 0.3 is 6.03 Å². The Labute approximate surface area is 158 Å². The summed E-state index contributed by atoms with van der Waals surface area (Å²) in [5.74, 6) is 1.28. The standard InChI is InChI=1S/C18H25N7O2/c1-13-20-21-22-25(13)16-11-14(5-6-17(16)27-2)19-18(26)24-10-7-15(12-24)23-8-3-4-9-23/h5-6,11,15H,3-4,7-10,12H2,1-2H3,(H,19,26). The third-order valence-electron chi connectivity index (χ3n) is 5.39. The van der Waals surface area contributed by atoms with E-state index in [1.54, 1.807) is 11.8 Å². The number of urea groups is 1. The van der Waals surface area contributed by atoms with Gasteiger partial charge in [-0.2, -0.15) is 4.68 Å². The van der Waals surface area contributed by atoms with Crippen LogP contribution in [0.5, 0.6) is 5.75 Å². The second-order valence-electron chi connectivity index (χ2n) is 7.09. The van der Waals surface area contributed by atoms with Gasteiger partial charge in [0.2, 0.25) is 0 Å². The van der Waals surface area contributed by atoms with Crippen LogP contribution in [0, 0.1) is 6.92 Å². The largest absolute Gasteiger partial charge is 0.494 e. The molecule has 0 spiro atoms. The molecule has 4 rings (SSSR count). The number of hydrogen-bond acceptors (Lipinski definition) is 6. The van der Waals surface area contributed by atoms with E-state index < -0.39 is 0 Å². The van der Waals surface area contributed by atoms with Gasteiger partial charge in [0.25, 0.3) is 0 Å². The first-order chi connectivity index (χ1) is 13.2. The average molecular weight is 371 g/mol. The Bertz CT molecular complexity index is 816. The van der Waals surface area contributed by atoms with Crippen molar-refractivity contribution >= 4 is 11.7 Å². The van der Waals surface area contributed by atoms with Gasteiger partial charge in [-0.15, -0.1) is 5.10 Å². The molecule has 27 heavy (non-hydrogen) atoms. The molecule has 2 fully saturated rings. The lowest BCUT2D eigenvalue weighted by Gasteiger charge is -2.23. The van der Waals surface area contributed by atoms with Gasteiger partial charge in [0.05, 0.1) is 7.11 Å². The van der Waals surface area contributed by atoms with Gasteiger partial charge in [-0.3, -0.25) is 4.90 Å². The molecule has 0 radical (unpaired) electrons. The molecule has 2 saturated heterocycles. The summed E-state index contributed by atoms with van der Waals surface area (Å²) in [6.45, 7) is 5.72. The van der Waals surface area contributed by atoms with E-state index >= 15 is 0 Å². The number of tetrazole rings is 1. The quantitative estimate of drug-likeness (QED) is 0.880. The van der Waals surface area contributed by atoms with Crippen molar-refractivity contribution in [2.75, 3.05) is 38.6 Å². The van der Waals surface area contributed by atoms with Crippen molar-refractivity contribution in [2.24, 2.45) is 0 Å². The second-order valence-corrected chi connectivity index (χ2v) is 7.09. The van der Waals surface area contributed by atoms with Crippen LogP contribution in [0.1, 0.15) is 25.1 Å². The Morgan fingerprint density at radius 1 is 1.26 bits per heavy atom. The number of aromatic nitrogens is 4. The number of ether oxygens (including phenoxy) is 1. The number of hydrogen-bond donors (Lipinski definition) is 1. The molecule has 1 aromatic heterocycles. The van der Waals surface area contributed by atoms with E-state index in [0.29, 0.717) is 29.0 Å². The van der Waals surface area contributed by atoms with Gasteiger partial charge in [-0.1, -0.05) is 0 Å². The number of carbonyl (C=O) groups is 1. The molecule has 0 bridgehead atoms. The van der Waals surface area contributed by atoms with Crippen molar-refractivity contribution in [3.8, 4) is 11.4 Å². The Hall–Kier alpha value is -2.68. The molecular formula is C18H25N7O2. The molecule has 0 saturated carbocycles. The molecule has 1 unspecified atom stereocenters. The molecule has 144 valence electrons. The molecule has 0 aliphatic carbocycles. The summed E-state index contributed by atoms with van der Waals surface area (Å²) >= 11 is 0. The maximum absolute atomic E-state index is 12.7. The maximum atomic E-state index is 12.7. The molecule has 2 aliphatic rings. The highest BCUT2D eigenvalue weighted by atomic mass is 16.5. The first kappa shape index (κ1) is 17.7. The lowest BCUT2D eigenvalue weighted by Crippen LogP contribution is -2.38. The molecular weight excluding hydrogens is 346 g/mol. The molecule has 2 aliphatic heterocycles. The van der Waals surface area contributed by atoms with Crippen molar-refractivity contribution in [1.82, 2.24) is 30.0 Å². The number of amides is 2. The smallest absolute Gasteiger partial charge is 0.321 e. The monoisotopic (exact) mass is 371 g/mol. The summed E-state index contributed by atoms with van der Waals surface area (Å²) in [6.07, 6.45) is 3.59. The molecule has 1 aromatic carbocycles. The fraction of sp³-hybridized carbons (Fsp3) is 0.556. The summed E-state index contributed by atoms with van der Waals surface area (Å²) in [6, 6.07) is 5.89. The van der Waals surface area contributed by atoms with Crippen LogP contribution in [0.25, 0.3) is 5.69 Å². The summed E-state index contributed by atoms with van der Waals surface area (Å²) in [5, 5.41) is 14.6. The van der Waals surface area contributed by atoms with Crippen LogP contribution in [0.2, 0.25) is 0 Å². The highest BCUT2D eigenvalue weighted by molar-refractivity contribution is 5.90. The van der Waals surface area contributed by atoms with Crippen LogP contribution in [0.3, 0.4) is 0 Å². The lowest BCUT2D eigenvalue weighted by atomic mass is 10.2. The van der Waals surface area contributed by atoms with E-state index in [2.05, 4.69) is 25.7 Å². The first-order valence-corrected chi connectivity index (χ1v) is 9.39. The number of methoxy groups -OCH3 is 1. The highest BCUT2D eigenvalue weighted by Gasteiger charge is 2.31. The Balaban J connectivity index is 1.46. The topological polar surface area (TPSA) is 88.4 Å². The van der Waals surface area contributed by atoms with Crippen LogP contribution in [0.4, 0.5) is 10.5 Å². The number of rotatable bonds is 4. The predicted octanol–water partition coefficient (Wildman–Crippen LogP) is 1.68. The summed E-state index contributed by atoms with van der Waals surface area (Å²) in [4.78, 5) is 17.1. The summed E-state index contributed by atoms with van der Waals surface area (Å²) in [7, 11) is 1.60. The third kappa shape index (κ3) is 3.59. The number of nitrogens with zero attached hydrogens (tertiary/aromatic N) is 6. The zero-order valence-electron chi connectivity index (χ0n) is 15.8. The van der Waals surface area contributed by atoms with E-state index in [1.165, 1.54) is 12.8 Å². The van der Waals surface area contributed by atoms with Crippen LogP contribution in [0.15, 0.2) is 18.2 Å². The molecule has 3 heterocycles. The fourth-order valence-corrected chi connectivity index (χ4v) is 3.92. The Morgan fingerprint density at radius 2 is 2.07 bits per heavy atom. The second kappa shape index (κ2) is 7.51. The predicted molar refractivity (Wildman–Crippen MR) is 100 cm³/mol. The van der Waals surface area contributed by atoms with E-state index in [-0.39, 0.29) is 6.03 Å². The highest BCUT2D eigenvalue weighted by Crippen LogP contribution is 2.27. The molecule has 2 aromatic rings. The SMILES string of the molecule is COc1ccc(NC(=O)N2CCC(N3CCCC3)C2)cc1-n1nnnc1C. The number of likely N-dealkylation sites (tertiary alicyclic amines) is 2. The van der Waals surface area contributed by atoms with Crippen molar-refractivity contribution in [2.45, 2.75) is 32.2 Å². The minimum atomic E-state index is -0.0683. The molecule has 9 nitrogen and oxygen atoms in total. The normalized spacial score (nSPS) is 20.2. The minimum absolute atomic E-state index is 0.0683. The van der Waals surface area contributed by atoms with Gasteiger partial charge in [0.15, 0.2) is 5.82 Å². The number of carbonyl (C=O) groups excluding carboxylic acids is 1. The van der Waals surface area contributed by atoms with Crippen molar-refractivity contribution in [3.63, 3.8) is 0 Å². The number of anilines is 1. The van der Waals surface area contributed by atoms with Gasteiger partial charge < -0.3 is 15.0 Å². The van der Waals surface area contributed by atoms with E-state index in [4.69, 9.17) is 4.74 Å². The molecule has 2 amide bonds. The zero-order chi connectivity index (χ0) is 18.8. The van der Waals surface area contributed by atoms with Crippen molar-refractivity contribution < 1.29 is 9.53 Å². The van der Waals surface area contributed by atoms with Crippen LogP contribution < -0.4 is 10.1 Å². The first-order valence-electron chi connectivity index (χ1n) is 9.39. The van der Waals surface area contributed by atoms with E-state index in [0.717, 1.165) is 32.6 Å². The number of nitrogens with one attached hydrogen (secondary N) is 1. The van der Waals surface area contributed by atoms with Gasteiger partial charge in [-0.05, 0) is 67.9 Å². The summed E-state index contributed by atoms with van der Waals surface area (Å²) < 4.78 is 7.00. The van der Waals surface area contributed by atoms with E-state index in [1.807, 2.05) is 30.0 Å². The lowest BCUT2D eigenvalue weighted by molar-refractivity contribution is 0.210. The number of aryl methyl sites for hydroxylation is 1. The minimum Gasteiger partial charge on any atom is -0.494 e. The zero-order valence-corrected chi connectivity index (χ0v) is 15.8. The van der Waals surface area contributed by atoms with Crippen LogP contribution in [-0.4, -0.2) is 75.4 Å². The molecule has 9 heteroatoms. The van der Waals surface area contributed by atoms with E-state index in [9.17, 15) is 4.79 Å². The van der Waals surface area contributed by atoms with Crippen LogP contribution >= 0.6 is 0 Å². The van der Waals surface area contributed by atoms with Crippen molar-refractivity contribution in [1.29, 1.82) is 0 Å². The summed E-state index contributed by atoms with van der Waals surface area (Å²) in [5.41, 5.74) is 1.38. The van der Waals surface area contributed by atoms with Gasteiger partial charge in [-0.25, -0.2) is 4.79 Å². The average Bonchev–Trinajstić information content (AvgIpc) is 3.42. The molecule has 1 N–H and O–H groups in total. The Morgan fingerprint density at radius 3 is 2.78 bits per heavy atom. The number of benzene rings is 1. The third-order valence-corrected chi connectivity index (χ3v) is 5.39.